The van der Waals surface area contributed by atoms with Crippen LogP contribution in [0.4, 0.5) is 0 Å². The van der Waals surface area contributed by atoms with Crippen LogP contribution in [0.15, 0.2) is 59.6 Å². The number of nitrogens with zero attached hydrogens (tertiary/aromatic N) is 2. The smallest absolute Gasteiger partial charge is 0.235 e. The SMILES string of the molecule is Cc1nc2ccccc2nc1S[C@H](C(N)=O)c1ccccc1. The third-order valence-electron chi connectivity index (χ3n) is 3.29. The molecule has 3 aromatic rings. The van der Waals surface area contributed by atoms with Gasteiger partial charge in [0.05, 0.1) is 16.7 Å². The van der Waals surface area contributed by atoms with Crippen molar-refractivity contribution in [3.05, 3.63) is 65.9 Å². The van der Waals surface area contributed by atoms with Crippen molar-refractivity contribution in [3.8, 4) is 0 Å². The minimum absolute atomic E-state index is 0.384. The standard InChI is InChI=1S/C17H15N3OS/c1-11-17(20-14-10-6-5-9-13(14)19-11)22-15(16(18)21)12-7-3-2-4-8-12/h2-10,15H,1H3,(H2,18,21)/t15-/m0/s1. The van der Waals surface area contributed by atoms with Gasteiger partial charge >= 0.3 is 0 Å². The number of para-hydroxylation sites is 2. The van der Waals surface area contributed by atoms with Crippen molar-refractivity contribution in [2.45, 2.75) is 17.2 Å². The fourth-order valence-electron chi connectivity index (χ4n) is 2.21. The van der Waals surface area contributed by atoms with E-state index in [1.165, 1.54) is 11.8 Å². The highest BCUT2D eigenvalue weighted by molar-refractivity contribution is 8.00. The average molecular weight is 309 g/mol. The van der Waals surface area contributed by atoms with Gasteiger partial charge in [-0.05, 0) is 24.6 Å². The molecule has 0 fully saturated rings. The average Bonchev–Trinajstić information content (AvgIpc) is 2.53. The minimum atomic E-state index is -0.477. The molecule has 0 aliphatic heterocycles. The fourth-order valence-corrected chi connectivity index (χ4v) is 3.21. The maximum atomic E-state index is 11.8. The zero-order chi connectivity index (χ0) is 15.5. The summed E-state index contributed by atoms with van der Waals surface area (Å²) in [6, 6.07) is 17.2. The highest BCUT2D eigenvalue weighted by Crippen LogP contribution is 2.35. The van der Waals surface area contributed by atoms with E-state index in [2.05, 4.69) is 9.97 Å². The Morgan fingerprint density at radius 1 is 1.00 bits per heavy atom. The maximum Gasteiger partial charge on any atom is 0.235 e. The van der Waals surface area contributed by atoms with Gasteiger partial charge in [-0.1, -0.05) is 54.2 Å². The van der Waals surface area contributed by atoms with Crippen molar-refractivity contribution in [2.75, 3.05) is 0 Å². The van der Waals surface area contributed by atoms with Crippen molar-refractivity contribution < 1.29 is 4.79 Å². The van der Waals surface area contributed by atoms with Crippen molar-refractivity contribution in [1.82, 2.24) is 9.97 Å². The molecule has 3 rings (SSSR count). The summed E-state index contributed by atoms with van der Waals surface area (Å²) in [7, 11) is 0. The molecule has 0 unspecified atom stereocenters. The lowest BCUT2D eigenvalue weighted by Crippen LogP contribution is -2.19. The highest BCUT2D eigenvalue weighted by Gasteiger charge is 2.21. The number of carbonyl (C=O) groups excluding carboxylic acids is 1. The largest absolute Gasteiger partial charge is 0.368 e. The summed E-state index contributed by atoms with van der Waals surface area (Å²) in [6.45, 7) is 1.89. The Morgan fingerprint density at radius 2 is 1.59 bits per heavy atom. The van der Waals surface area contributed by atoms with E-state index < -0.39 is 5.25 Å². The van der Waals surface area contributed by atoms with Crippen LogP contribution < -0.4 is 5.73 Å². The van der Waals surface area contributed by atoms with Crippen LogP contribution in [-0.2, 0) is 4.79 Å². The number of benzene rings is 2. The molecule has 2 N–H and O–H groups in total. The second kappa shape index (κ2) is 6.15. The monoisotopic (exact) mass is 309 g/mol. The number of thioether (sulfide) groups is 1. The van der Waals surface area contributed by atoms with E-state index >= 15 is 0 Å². The van der Waals surface area contributed by atoms with E-state index in [4.69, 9.17) is 5.73 Å². The van der Waals surface area contributed by atoms with Crippen LogP contribution in [0.2, 0.25) is 0 Å². The Morgan fingerprint density at radius 3 is 2.23 bits per heavy atom. The topological polar surface area (TPSA) is 68.9 Å². The molecule has 110 valence electrons. The predicted molar refractivity (Wildman–Crippen MR) is 88.5 cm³/mol. The lowest BCUT2D eigenvalue weighted by Gasteiger charge is -2.14. The Hall–Kier alpha value is -2.40. The minimum Gasteiger partial charge on any atom is -0.368 e. The summed E-state index contributed by atoms with van der Waals surface area (Å²) in [5.41, 5.74) is 8.90. The van der Waals surface area contributed by atoms with E-state index in [0.717, 1.165) is 27.3 Å². The number of aryl methyl sites for hydroxylation is 1. The molecule has 0 aliphatic rings. The molecule has 1 heterocycles. The number of amides is 1. The zero-order valence-electron chi connectivity index (χ0n) is 12.1. The van der Waals surface area contributed by atoms with Gasteiger partial charge in [0, 0.05) is 0 Å². The van der Waals surface area contributed by atoms with Crippen molar-refractivity contribution in [3.63, 3.8) is 0 Å². The molecule has 1 atom stereocenters. The molecule has 1 aromatic heterocycles. The molecule has 0 saturated carbocycles. The highest BCUT2D eigenvalue weighted by atomic mass is 32.2. The number of carbonyl (C=O) groups is 1. The second-order valence-electron chi connectivity index (χ2n) is 4.91. The number of aromatic nitrogens is 2. The normalized spacial score (nSPS) is 12.2. The number of rotatable bonds is 4. The Kier molecular flexibility index (Phi) is 4.06. The van der Waals surface area contributed by atoms with Crippen LogP contribution >= 0.6 is 11.8 Å². The van der Waals surface area contributed by atoms with Crippen LogP contribution in [0, 0.1) is 6.92 Å². The Labute approximate surface area is 132 Å². The first-order chi connectivity index (χ1) is 10.6. The molecule has 0 radical (unpaired) electrons. The Balaban J connectivity index is 2.00. The van der Waals surface area contributed by atoms with Gasteiger partial charge in [-0.2, -0.15) is 0 Å². The lowest BCUT2D eigenvalue weighted by atomic mass is 10.1. The summed E-state index contributed by atoms with van der Waals surface area (Å²) in [6.07, 6.45) is 0. The first-order valence-corrected chi connectivity index (χ1v) is 7.77. The first-order valence-electron chi connectivity index (χ1n) is 6.89. The van der Waals surface area contributed by atoms with Crippen LogP contribution in [0.5, 0.6) is 0 Å². The third kappa shape index (κ3) is 2.94. The summed E-state index contributed by atoms with van der Waals surface area (Å²) in [5.74, 6) is -0.384. The molecule has 22 heavy (non-hydrogen) atoms. The van der Waals surface area contributed by atoms with Crippen LogP contribution in [0.3, 0.4) is 0 Å². The van der Waals surface area contributed by atoms with Crippen molar-refractivity contribution in [1.29, 1.82) is 0 Å². The molecule has 2 aromatic carbocycles. The second-order valence-corrected chi connectivity index (χ2v) is 6.01. The molecular formula is C17H15N3OS. The van der Waals surface area contributed by atoms with E-state index in [-0.39, 0.29) is 5.91 Å². The van der Waals surface area contributed by atoms with Gasteiger partial charge in [-0.3, -0.25) is 4.79 Å². The molecule has 0 spiro atoms. The van der Waals surface area contributed by atoms with Crippen molar-refractivity contribution >= 4 is 28.7 Å². The van der Waals surface area contributed by atoms with Gasteiger partial charge in [0.1, 0.15) is 10.3 Å². The molecule has 5 heteroatoms. The number of hydrogen-bond acceptors (Lipinski definition) is 4. The molecule has 4 nitrogen and oxygen atoms in total. The van der Waals surface area contributed by atoms with Gasteiger partial charge in [0.15, 0.2) is 0 Å². The van der Waals surface area contributed by atoms with Gasteiger partial charge < -0.3 is 5.73 Å². The van der Waals surface area contributed by atoms with E-state index in [0.29, 0.717) is 0 Å². The zero-order valence-corrected chi connectivity index (χ0v) is 12.9. The van der Waals surface area contributed by atoms with Gasteiger partial charge in [0.2, 0.25) is 5.91 Å². The molecular weight excluding hydrogens is 294 g/mol. The summed E-state index contributed by atoms with van der Waals surface area (Å²) in [4.78, 5) is 21.0. The van der Waals surface area contributed by atoms with Gasteiger partial charge in [-0.25, -0.2) is 9.97 Å². The fraction of sp³-hybridized carbons (Fsp3) is 0.118. The van der Waals surface area contributed by atoms with E-state index in [1.54, 1.807) is 0 Å². The van der Waals surface area contributed by atoms with Gasteiger partial charge in [0.25, 0.3) is 0 Å². The van der Waals surface area contributed by atoms with E-state index in [1.807, 2.05) is 61.5 Å². The quantitative estimate of drug-likeness (QED) is 0.751. The summed E-state index contributed by atoms with van der Waals surface area (Å²) < 4.78 is 0. The van der Waals surface area contributed by atoms with Gasteiger partial charge in [-0.15, -0.1) is 0 Å². The lowest BCUT2D eigenvalue weighted by molar-refractivity contribution is -0.117. The molecule has 0 aliphatic carbocycles. The van der Waals surface area contributed by atoms with Crippen LogP contribution in [0.1, 0.15) is 16.5 Å². The predicted octanol–water partition coefficient (Wildman–Crippen LogP) is 3.26. The number of fused-ring (bicyclic) bond motifs is 1. The summed E-state index contributed by atoms with van der Waals surface area (Å²) in [5, 5.41) is 0.252. The molecule has 0 saturated heterocycles. The first kappa shape index (κ1) is 14.5. The van der Waals surface area contributed by atoms with Crippen LogP contribution in [-0.4, -0.2) is 15.9 Å². The molecule has 0 bridgehead atoms. The number of hydrogen-bond donors (Lipinski definition) is 1. The number of nitrogens with two attached hydrogens (primary N) is 1. The van der Waals surface area contributed by atoms with Crippen LogP contribution in [0.25, 0.3) is 11.0 Å². The Bertz CT molecular complexity index is 821. The summed E-state index contributed by atoms with van der Waals surface area (Å²) >= 11 is 1.34. The molecule has 1 amide bonds. The van der Waals surface area contributed by atoms with E-state index in [9.17, 15) is 4.79 Å². The third-order valence-corrected chi connectivity index (χ3v) is 4.64. The number of primary amides is 1. The maximum absolute atomic E-state index is 11.8. The van der Waals surface area contributed by atoms with Crippen molar-refractivity contribution in [2.24, 2.45) is 5.73 Å².